The van der Waals surface area contributed by atoms with Gasteiger partial charge in [0.15, 0.2) is 0 Å². The third-order valence-corrected chi connectivity index (χ3v) is 4.61. The molecule has 0 spiro atoms. The van der Waals surface area contributed by atoms with E-state index in [4.69, 9.17) is 0 Å². The number of aromatic amines is 1. The topological polar surface area (TPSA) is 32.9 Å². The van der Waals surface area contributed by atoms with Gasteiger partial charge in [0.1, 0.15) is 0 Å². The lowest BCUT2D eigenvalue weighted by Gasteiger charge is -2.26. The Morgan fingerprint density at radius 3 is 2.56 bits per heavy atom. The lowest BCUT2D eigenvalue weighted by Crippen LogP contribution is -2.19. The lowest BCUT2D eigenvalue weighted by molar-refractivity contribution is 0.402. The maximum atomic E-state index is 11.2. The second-order valence-corrected chi connectivity index (χ2v) is 5.78. The van der Waals surface area contributed by atoms with Crippen LogP contribution in [-0.4, -0.2) is 4.98 Å². The predicted octanol–water partition coefficient (Wildman–Crippen LogP) is 4.07. The maximum Gasteiger partial charge on any atom is 0.304 e. The van der Waals surface area contributed by atoms with Crippen LogP contribution in [0.2, 0.25) is 0 Å². The van der Waals surface area contributed by atoms with Gasteiger partial charge in [0.05, 0.1) is 0 Å². The van der Waals surface area contributed by atoms with E-state index in [1.807, 2.05) is 6.20 Å². The minimum atomic E-state index is 0.0724. The van der Waals surface area contributed by atoms with Crippen molar-refractivity contribution in [3.8, 4) is 0 Å². The van der Waals surface area contributed by atoms with Gasteiger partial charge in [-0.3, -0.25) is 4.79 Å². The summed E-state index contributed by atoms with van der Waals surface area (Å²) >= 11 is 1.37. The summed E-state index contributed by atoms with van der Waals surface area (Å²) in [6, 6.07) is 0. The SMILES string of the molecule is CCCCCCC(C)(CC)c1c[nH]c(=O)s1. The first-order chi connectivity index (χ1) is 7.62. The van der Waals surface area contributed by atoms with Gasteiger partial charge in [-0.25, -0.2) is 0 Å². The number of thiazole rings is 1. The largest absolute Gasteiger partial charge is 0.319 e. The van der Waals surface area contributed by atoms with E-state index in [1.54, 1.807) is 0 Å². The molecule has 1 rings (SSSR count). The van der Waals surface area contributed by atoms with Gasteiger partial charge in [-0.2, -0.15) is 0 Å². The number of hydrogen-bond donors (Lipinski definition) is 1. The smallest absolute Gasteiger partial charge is 0.304 e. The average molecular weight is 241 g/mol. The fourth-order valence-corrected chi connectivity index (χ4v) is 2.93. The van der Waals surface area contributed by atoms with Crippen LogP contribution in [0.4, 0.5) is 0 Å². The molecule has 0 aromatic carbocycles. The molecule has 0 fully saturated rings. The molecule has 3 heteroatoms. The van der Waals surface area contributed by atoms with Crippen LogP contribution in [0.1, 0.15) is 64.2 Å². The van der Waals surface area contributed by atoms with E-state index in [0.29, 0.717) is 0 Å². The van der Waals surface area contributed by atoms with Gasteiger partial charge >= 0.3 is 4.87 Å². The van der Waals surface area contributed by atoms with E-state index in [-0.39, 0.29) is 10.3 Å². The Morgan fingerprint density at radius 1 is 1.31 bits per heavy atom. The van der Waals surface area contributed by atoms with E-state index >= 15 is 0 Å². The van der Waals surface area contributed by atoms with Gasteiger partial charge in [0.25, 0.3) is 0 Å². The average Bonchev–Trinajstić information content (AvgIpc) is 2.71. The van der Waals surface area contributed by atoms with Crippen LogP contribution in [0.25, 0.3) is 0 Å². The second-order valence-electron chi connectivity index (χ2n) is 4.77. The van der Waals surface area contributed by atoms with Crippen molar-refractivity contribution in [3.05, 3.63) is 20.7 Å². The van der Waals surface area contributed by atoms with Crippen LogP contribution in [0.15, 0.2) is 11.0 Å². The lowest BCUT2D eigenvalue weighted by atomic mass is 9.81. The number of hydrogen-bond acceptors (Lipinski definition) is 2. The van der Waals surface area contributed by atoms with Crippen LogP contribution in [0.5, 0.6) is 0 Å². The minimum Gasteiger partial charge on any atom is -0.319 e. The number of H-pyrrole nitrogens is 1. The zero-order valence-electron chi connectivity index (χ0n) is 10.6. The molecule has 1 aromatic heterocycles. The van der Waals surface area contributed by atoms with Crippen LogP contribution in [0, 0.1) is 0 Å². The molecule has 0 saturated carbocycles. The van der Waals surface area contributed by atoms with Gasteiger partial charge in [-0.15, -0.1) is 0 Å². The molecule has 0 aliphatic carbocycles. The highest BCUT2D eigenvalue weighted by molar-refractivity contribution is 7.09. The van der Waals surface area contributed by atoms with E-state index in [1.165, 1.54) is 48.3 Å². The third-order valence-electron chi connectivity index (χ3n) is 3.48. The van der Waals surface area contributed by atoms with Gasteiger partial charge in [0.2, 0.25) is 0 Å². The van der Waals surface area contributed by atoms with E-state index in [9.17, 15) is 4.79 Å². The van der Waals surface area contributed by atoms with Crippen LogP contribution >= 0.6 is 11.3 Å². The zero-order valence-corrected chi connectivity index (χ0v) is 11.5. The summed E-state index contributed by atoms with van der Waals surface area (Å²) in [5.41, 5.74) is 0.192. The Kier molecular flexibility index (Phi) is 5.26. The standard InChI is InChI=1S/C13H23NOS/c1-4-6-7-8-9-13(3,5-2)11-10-14-12(15)16-11/h10H,4-9H2,1-3H3,(H,14,15). The molecule has 0 radical (unpaired) electrons. The Hall–Kier alpha value is -0.570. The fourth-order valence-electron chi connectivity index (χ4n) is 2.00. The number of aromatic nitrogens is 1. The molecule has 2 nitrogen and oxygen atoms in total. The molecule has 1 aromatic rings. The Morgan fingerprint density at radius 2 is 2.06 bits per heavy atom. The van der Waals surface area contributed by atoms with Crippen molar-refractivity contribution in [1.29, 1.82) is 0 Å². The second kappa shape index (κ2) is 6.24. The monoisotopic (exact) mass is 241 g/mol. The predicted molar refractivity (Wildman–Crippen MR) is 71.3 cm³/mol. The summed E-state index contributed by atoms with van der Waals surface area (Å²) in [7, 11) is 0. The molecule has 1 heterocycles. The fraction of sp³-hybridized carbons (Fsp3) is 0.769. The zero-order chi connectivity index (χ0) is 12.0. The number of rotatable bonds is 7. The normalized spacial score (nSPS) is 14.9. The van der Waals surface area contributed by atoms with Gasteiger partial charge in [-0.1, -0.05) is 57.8 Å². The molecule has 0 aliphatic heterocycles. The summed E-state index contributed by atoms with van der Waals surface area (Å²) in [5.74, 6) is 0. The van der Waals surface area contributed by atoms with Crippen LogP contribution in [0.3, 0.4) is 0 Å². The quantitative estimate of drug-likeness (QED) is 0.717. The van der Waals surface area contributed by atoms with Crippen LogP contribution in [-0.2, 0) is 5.41 Å². The summed E-state index contributed by atoms with van der Waals surface area (Å²) < 4.78 is 0. The Bertz CT molecular complexity index is 355. The first kappa shape index (κ1) is 13.5. The van der Waals surface area contributed by atoms with Gasteiger partial charge < -0.3 is 4.98 Å². The first-order valence-corrected chi connectivity index (χ1v) is 7.13. The molecular formula is C13H23NOS. The molecule has 0 amide bonds. The minimum absolute atomic E-state index is 0.0724. The molecule has 0 aliphatic rings. The summed E-state index contributed by atoms with van der Waals surface area (Å²) in [6.07, 6.45) is 9.37. The van der Waals surface area contributed by atoms with Crippen molar-refractivity contribution in [2.75, 3.05) is 0 Å². The molecule has 0 saturated heterocycles. The van der Waals surface area contributed by atoms with Crippen molar-refractivity contribution >= 4 is 11.3 Å². The van der Waals surface area contributed by atoms with E-state index < -0.39 is 0 Å². The summed E-state index contributed by atoms with van der Waals surface area (Å²) in [6.45, 7) is 6.72. The van der Waals surface area contributed by atoms with Crippen molar-refractivity contribution in [2.24, 2.45) is 0 Å². The highest BCUT2D eigenvalue weighted by Crippen LogP contribution is 2.34. The third kappa shape index (κ3) is 3.48. The number of unbranched alkanes of at least 4 members (excludes halogenated alkanes) is 3. The molecule has 92 valence electrons. The summed E-state index contributed by atoms with van der Waals surface area (Å²) in [5, 5.41) is 0. The maximum absolute atomic E-state index is 11.2. The Balaban J connectivity index is 2.59. The highest BCUT2D eigenvalue weighted by atomic mass is 32.1. The summed E-state index contributed by atoms with van der Waals surface area (Å²) in [4.78, 5) is 15.3. The number of nitrogens with one attached hydrogen (secondary N) is 1. The van der Waals surface area contributed by atoms with Crippen LogP contribution < -0.4 is 4.87 Å². The molecule has 1 unspecified atom stereocenters. The van der Waals surface area contributed by atoms with Gasteiger partial charge in [-0.05, 0) is 12.8 Å². The molecule has 0 bridgehead atoms. The van der Waals surface area contributed by atoms with E-state index in [2.05, 4.69) is 25.8 Å². The molecular weight excluding hydrogens is 218 g/mol. The first-order valence-electron chi connectivity index (χ1n) is 6.31. The molecule has 1 atom stereocenters. The van der Waals surface area contributed by atoms with E-state index in [0.717, 1.165) is 6.42 Å². The van der Waals surface area contributed by atoms with Crippen molar-refractivity contribution in [3.63, 3.8) is 0 Å². The van der Waals surface area contributed by atoms with Crippen molar-refractivity contribution in [2.45, 2.75) is 64.7 Å². The van der Waals surface area contributed by atoms with Gasteiger partial charge in [0, 0.05) is 16.5 Å². The molecule has 16 heavy (non-hydrogen) atoms. The molecule has 1 N–H and O–H groups in total. The Labute approximate surface area is 102 Å². The van der Waals surface area contributed by atoms with Crippen molar-refractivity contribution < 1.29 is 0 Å². The highest BCUT2D eigenvalue weighted by Gasteiger charge is 2.25. The van der Waals surface area contributed by atoms with Crippen molar-refractivity contribution in [1.82, 2.24) is 4.98 Å².